The molecule has 0 atom stereocenters. The lowest BCUT2D eigenvalue weighted by Gasteiger charge is -2.19. The molecule has 0 unspecified atom stereocenters. The molecular weight excluding hydrogens is 241 g/mol. The van der Waals surface area contributed by atoms with Crippen LogP contribution in [0.2, 0.25) is 0 Å². The van der Waals surface area contributed by atoms with Crippen LogP contribution in [-0.4, -0.2) is 29.7 Å². The van der Waals surface area contributed by atoms with Crippen molar-refractivity contribution in [2.75, 3.05) is 24.2 Å². The molecule has 94 valence electrons. The number of rotatable bonds is 3. The van der Waals surface area contributed by atoms with Crippen molar-refractivity contribution < 1.29 is 18.1 Å². The minimum absolute atomic E-state index is 0.0837. The van der Waals surface area contributed by atoms with Crippen LogP contribution in [0.15, 0.2) is 12.1 Å². The Bertz CT molecular complexity index is 435. The summed E-state index contributed by atoms with van der Waals surface area (Å²) in [5, 5.41) is 10.6. The monoisotopic (exact) mass is 250 g/mol. The molecule has 0 aromatic carbocycles. The number of nitrogens with two attached hydrogens (primary N) is 1. The third kappa shape index (κ3) is 3.47. The second kappa shape index (κ2) is 4.44. The summed E-state index contributed by atoms with van der Waals surface area (Å²) in [7, 11) is 1.06. The minimum atomic E-state index is -4.48. The number of pyridine rings is 1. The van der Waals surface area contributed by atoms with Gasteiger partial charge in [-0.15, -0.1) is 0 Å². The summed E-state index contributed by atoms with van der Waals surface area (Å²) in [6.07, 6.45) is -4.48. The number of nitrogen functional groups attached to an aromatic ring is 1. The van der Waals surface area contributed by atoms with Crippen LogP contribution in [0.5, 0.6) is 0 Å². The zero-order chi connectivity index (χ0) is 13.2. The standard InChI is InChI=1S/C8H9F3N4O2/c1-14(4-8(9,10)11)7-5(15(16)17)2-3-6(12)13-7/h2-3H,4H2,1H3,(H2,12,13). The van der Waals surface area contributed by atoms with Gasteiger partial charge in [0, 0.05) is 13.1 Å². The fourth-order valence-corrected chi connectivity index (χ4v) is 1.22. The normalized spacial score (nSPS) is 11.3. The van der Waals surface area contributed by atoms with E-state index in [4.69, 9.17) is 5.73 Å². The summed E-state index contributed by atoms with van der Waals surface area (Å²) in [4.78, 5) is 14.0. The van der Waals surface area contributed by atoms with Crippen molar-refractivity contribution in [3.63, 3.8) is 0 Å². The van der Waals surface area contributed by atoms with Gasteiger partial charge in [0.15, 0.2) is 0 Å². The van der Waals surface area contributed by atoms with Crippen molar-refractivity contribution in [3.8, 4) is 0 Å². The number of anilines is 2. The molecule has 0 fully saturated rings. The molecule has 1 heterocycles. The van der Waals surface area contributed by atoms with Gasteiger partial charge in [0.2, 0.25) is 5.82 Å². The van der Waals surface area contributed by atoms with Crippen molar-refractivity contribution in [2.45, 2.75) is 6.18 Å². The smallest absolute Gasteiger partial charge is 0.384 e. The van der Waals surface area contributed by atoms with Gasteiger partial charge < -0.3 is 10.6 Å². The highest BCUT2D eigenvalue weighted by molar-refractivity contribution is 5.60. The van der Waals surface area contributed by atoms with Crippen molar-refractivity contribution in [1.82, 2.24) is 4.98 Å². The maximum Gasteiger partial charge on any atom is 0.405 e. The first-order valence-electron chi connectivity index (χ1n) is 4.39. The van der Waals surface area contributed by atoms with Crippen LogP contribution >= 0.6 is 0 Å². The molecule has 0 saturated carbocycles. The third-order valence-electron chi connectivity index (χ3n) is 1.85. The van der Waals surface area contributed by atoms with Gasteiger partial charge in [-0.25, -0.2) is 4.98 Å². The number of hydrogen-bond donors (Lipinski definition) is 1. The van der Waals surface area contributed by atoms with Crippen molar-refractivity contribution in [3.05, 3.63) is 22.2 Å². The maximum absolute atomic E-state index is 12.2. The summed E-state index contributed by atoms with van der Waals surface area (Å²) < 4.78 is 36.5. The molecule has 0 bridgehead atoms. The van der Waals surface area contributed by atoms with E-state index in [0.717, 1.165) is 19.2 Å². The van der Waals surface area contributed by atoms with Gasteiger partial charge in [-0.3, -0.25) is 10.1 Å². The fraction of sp³-hybridized carbons (Fsp3) is 0.375. The van der Waals surface area contributed by atoms with E-state index in [1.165, 1.54) is 0 Å². The molecule has 0 saturated heterocycles. The zero-order valence-electron chi connectivity index (χ0n) is 8.73. The summed E-state index contributed by atoms with van der Waals surface area (Å²) >= 11 is 0. The quantitative estimate of drug-likeness (QED) is 0.650. The molecule has 0 aliphatic carbocycles. The first-order valence-corrected chi connectivity index (χ1v) is 4.39. The van der Waals surface area contributed by atoms with E-state index in [1.54, 1.807) is 0 Å². The van der Waals surface area contributed by atoms with Crippen LogP contribution < -0.4 is 10.6 Å². The summed E-state index contributed by atoms with van der Waals surface area (Å²) in [6, 6.07) is 2.17. The van der Waals surface area contributed by atoms with E-state index in [1.807, 2.05) is 0 Å². The molecule has 1 rings (SSSR count). The highest BCUT2D eigenvalue weighted by Crippen LogP contribution is 2.28. The van der Waals surface area contributed by atoms with Crippen LogP contribution in [0.3, 0.4) is 0 Å². The van der Waals surface area contributed by atoms with Crippen LogP contribution in [0.25, 0.3) is 0 Å². The second-order valence-electron chi connectivity index (χ2n) is 3.31. The Morgan fingerprint density at radius 3 is 2.59 bits per heavy atom. The Hall–Kier alpha value is -2.06. The fourth-order valence-electron chi connectivity index (χ4n) is 1.22. The van der Waals surface area contributed by atoms with Gasteiger partial charge in [-0.05, 0) is 6.07 Å². The number of hydrogen-bond acceptors (Lipinski definition) is 5. The summed E-state index contributed by atoms with van der Waals surface area (Å²) in [5.74, 6) is -0.494. The van der Waals surface area contributed by atoms with Gasteiger partial charge in [0.1, 0.15) is 12.4 Å². The summed E-state index contributed by atoms with van der Waals surface area (Å²) in [6.45, 7) is -1.34. The maximum atomic E-state index is 12.2. The van der Waals surface area contributed by atoms with Crippen molar-refractivity contribution in [2.24, 2.45) is 0 Å². The zero-order valence-corrected chi connectivity index (χ0v) is 8.73. The van der Waals surface area contributed by atoms with Gasteiger partial charge in [-0.2, -0.15) is 13.2 Å². The van der Waals surface area contributed by atoms with E-state index >= 15 is 0 Å². The molecule has 0 amide bonds. The lowest BCUT2D eigenvalue weighted by Crippen LogP contribution is -2.32. The molecule has 9 heteroatoms. The summed E-state index contributed by atoms with van der Waals surface area (Å²) in [5.41, 5.74) is 4.77. The third-order valence-corrected chi connectivity index (χ3v) is 1.85. The molecule has 0 aliphatic heterocycles. The highest BCUT2D eigenvalue weighted by Gasteiger charge is 2.32. The Labute approximate surface area is 94.0 Å². The van der Waals surface area contributed by atoms with Gasteiger partial charge in [0.05, 0.1) is 4.92 Å². The molecule has 0 radical (unpaired) electrons. The van der Waals surface area contributed by atoms with E-state index in [2.05, 4.69) is 4.98 Å². The molecule has 1 aromatic heterocycles. The van der Waals surface area contributed by atoms with Gasteiger partial charge in [-0.1, -0.05) is 0 Å². The van der Waals surface area contributed by atoms with Crippen molar-refractivity contribution >= 4 is 17.3 Å². The lowest BCUT2D eigenvalue weighted by molar-refractivity contribution is -0.384. The SMILES string of the molecule is CN(CC(F)(F)F)c1nc(N)ccc1[N+](=O)[O-]. The first kappa shape index (κ1) is 13.0. The van der Waals surface area contributed by atoms with Crippen molar-refractivity contribution in [1.29, 1.82) is 0 Å². The molecule has 17 heavy (non-hydrogen) atoms. The van der Waals surface area contributed by atoms with Gasteiger partial charge in [0.25, 0.3) is 0 Å². The molecular formula is C8H9F3N4O2. The number of nitro groups is 1. The predicted molar refractivity (Wildman–Crippen MR) is 54.6 cm³/mol. The highest BCUT2D eigenvalue weighted by atomic mass is 19.4. The number of alkyl halides is 3. The largest absolute Gasteiger partial charge is 0.405 e. The molecule has 0 spiro atoms. The van der Waals surface area contributed by atoms with E-state index in [-0.39, 0.29) is 5.82 Å². The number of aromatic nitrogens is 1. The Balaban J connectivity index is 3.10. The number of halogens is 3. The number of nitrogens with zero attached hydrogens (tertiary/aromatic N) is 3. The average Bonchev–Trinajstić information content (AvgIpc) is 2.14. The van der Waals surface area contributed by atoms with E-state index in [0.29, 0.717) is 4.90 Å². The van der Waals surface area contributed by atoms with Crippen LogP contribution in [-0.2, 0) is 0 Å². The Morgan fingerprint density at radius 1 is 1.53 bits per heavy atom. The van der Waals surface area contributed by atoms with E-state index in [9.17, 15) is 23.3 Å². The molecule has 2 N–H and O–H groups in total. The van der Waals surface area contributed by atoms with E-state index < -0.39 is 29.1 Å². The topological polar surface area (TPSA) is 85.3 Å². The molecule has 0 aliphatic rings. The average molecular weight is 250 g/mol. The predicted octanol–water partition coefficient (Wildman–Crippen LogP) is 1.57. The van der Waals surface area contributed by atoms with Crippen LogP contribution in [0.1, 0.15) is 0 Å². The van der Waals surface area contributed by atoms with Crippen LogP contribution in [0, 0.1) is 10.1 Å². The Kier molecular flexibility index (Phi) is 3.39. The molecule has 1 aromatic rings. The lowest BCUT2D eigenvalue weighted by atomic mass is 10.3. The Morgan fingerprint density at radius 2 is 2.12 bits per heavy atom. The molecule has 6 nitrogen and oxygen atoms in total. The second-order valence-corrected chi connectivity index (χ2v) is 3.31. The van der Waals surface area contributed by atoms with Gasteiger partial charge >= 0.3 is 11.9 Å². The van der Waals surface area contributed by atoms with Crippen LogP contribution in [0.4, 0.5) is 30.5 Å². The first-order chi connectivity index (χ1) is 7.70. The minimum Gasteiger partial charge on any atom is -0.384 e.